The number of methoxy groups -OCH3 is 1. The lowest BCUT2D eigenvalue weighted by atomic mass is 10.1. The number of rotatable bonds is 6. The number of nitrogens with zero attached hydrogens (tertiary/aromatic N) is 1. The summed E-state index contributed by atoms with van der Waals surface area (Å²) < 4.78 is 5.15. The SMILES string of the molecule is COc1ccc(NC(C)=O)c(NC(=O)CCN2C(=O)c3ccc(C)cc3C2=O)c1. The Kier molecular flexibility index (Phi) is 5.63. The van der Waals surface area contributed by atoms with Gasteiger partial charge in [0.1, 0.15) is 5.75 Å². The van der Waals surface area contributed by atoms with Gasteiger partial charge in [-0.1, -0.05) is 11.6 Å². The van der Waals surface area contributed by atoms with Crippen LogP contribution in [0.25, 0.3) is 0 Å². The molecule has 0 atom stereocenters. The van der Waals surface area contributed by atoms with Crippen molar-refractivity contribution in [1.29, 1.82) is 0 Å². The lowest BCUT2D eigenvalue weighted by Gasteiger charge is -2.15. The van der Waals surface area contributed by atoms with Crippen LogP contribution < -0.4 is 15.4 Å². The van der Waals surface area contributed by atoms with Crippen LogP contribution in [-0.4, -0.2) is 42.2 Å². The molecule has 0 radical (unpaired) electrons. The maximum atomic E-state index is 12.5. The number of fused-ring (bicyclic) bond motifs is 1. The van der Waals surface area contributed by atoms with Gasteiger partial charge in [-0.15, -0.1) is 0 Å². The lowest BCUT2D eigenvalue weighted by molar-refractivity contribution is -0.116. The number of anilines is 2. The highest BCUT2D eigenvalue weighted by molar-refractivity contribution is 6.21. The normalized spacial score (nSPS) is 12.6. The first kappa shape index (κ1) is 20.1. The molecule has 8 heteroatoms. The topological polar surface area (TPSA) is 105 Å². The van der Waals surface area contributed by atoms with E-state index in [4.69, 9.17) is 4.74 Å². The fourth-order valence-electron chi connectivity index (χ4n) is 3.09. The molecule has 2 N–H and O–H groups in total. The number of hydrogen-bond donors (Lipinski definition) is 2. The fraction of sp³-hybridized carbons (Fsp3) is 0.238. The minimum absolute atomic E-state index is 0.0450. The van der Waals surface area contributed by atoms with E-state index in [1.165, 1.54) is 14.0 Å². The van der Waals surface area contributed by atoms with Crippen LogP contribution in [0.3, 0.4) is 0 Å². The minimum atomic E-state index is -0.405. The zero-order chi connectivity index (χ0) is 21.1. The van der Waals surface area contributed by atoms with Crippen molar-refractivity contribution < 1.29 is 23.9 Å². The van der Waals surface area contributed by atoms with Crippen LogP contribution >= 0.6 is 0 Å². The van der Waals surface area contributed by atoms with Gasteiger partial charge in [0.15, 0.2) is 0 Å². The van der Waals surface area contributed by atoms with E-state index in [0.29, 0.717) is 28.3 Å². The lowest BCUT2D eigenvalue weighted by Crippen LogP contribution is -2.33. The van der Waals surface area contributed by atoms with E-state index in [0.717, 1.165) is 10.5 Å². The third kappa shape index (κ3) is 4.26. The van der Waals surface area contributed by atoms with Crippen molar-refractivity contribution in [2.75, 3.05) is 24.3 Å². The van der Waals surface area contributed by atoms with Gasteiger partial charge >= 0.3 is 0 Å². The molecule has 4 amide bonds. The average Bonchev–Trinajstić information content (AvgIpc) is 2.91. The predicted molar refractivity (Wildman–Crippen MR) is 107 cm³/mol. The smallest absolute Gasteiger partial charge is 0.261 e. The summed E-state index contributed by atoms with van der Waals surface area (Å²) in [6.45, 7) is 3.16. The molecular weight excluding hydrogens is 374 g/mol. The summed E-state index contributed by atoms with van der Waals surface area (Å²) in [5.41, 5.74) is 2.37. The highest BCUT2D eigenvalue weighted by Gasteiger charge is 2.35. The molecule has 0 spiro atoms. The molecule has 2 aromatic carbocycles. The molecule has 0 fully saturated rings. The largest absolute Gasteiger partial charge is 0.497 e. The van der Waals surface area contributed by atoms with E-state index in [-0.39, 0.29) is 18.9 Å². The van der Waals surface area contributed by atoms with E-state index >= 15 is 0 Å². The molecule has 0 aromatic heterocycles. The highest BCUT2D eigenvalue weighted by Crippen LogP contribution is 2.28. The Hall–Kier alpha value is -3.68. The summed E-state index contributed by atoms with van der Waals surface area (Å²) in [6.07, 6.45) is -0.0822. The van der Waals surface area contributed by atoms with Crippen molar-refractivity contribution in [3.63, 3.8) is 0 Å². The first-order valence-corrected chi connectivity index (χ1v) is 9.02. The molecule has 0 bridgehead atoms. The maximum Gasteiger partial charge on any atom is 0.261 e. The Morgan fingerprint density at radius 3 is 2.38 bits per heavy atom. The van der Waals surface area contributed by atoms with Gasteiger partial charge in [0.05, 0.1) is 29.6 Å². The van der Waals surface area contributed by atoms with Crippen molar-refractivity contribution in [2.45, 2.75) is 20.3 Å². The highest BCUT2D eigenvalue weighted by atomic mass is 16.5. The summed E-state index contributed by atoms with van der Waals surface area (Å²) in [4.78, 5) is 49.8. The van der Waals surface area contributed by atoms with Crippen LogP contribution in [0.5, 0.6) is 5.75 Å². The number of aryl methyl sites for hydroxylation is 1. The number of carbonyl (C=O) groups excluding carboxylic acids is 4. The molecular formula is C21H21N3O5. The van der Waals surface area contributed by atoms with Crippen molar-refractivity contribution in [3.05, 3.63) is 53.1 Å². The molecule has 0 saturated carbocycles. The van der Waals surface area contributed by atoms with Crippen molar-refractivity contribution in [3.8, 4) is 5.75 Å². The Bertz CT molecular complexity index is 1020. The van der Waals surface area contributed by atoms with Gasteiger partial charge in [-0.2, -0.15) is 0 Å². The van der Waals surface area contributed by atoms with Crippen LogP contribution in [0, 0.1) is 6.92 Å². The molecule has 0 saturated heterocycles. The fourth-order valence-corrected chi connectivity index (χ4v) is 3.09. The summed E-state index contributed by atoms with van der Waals surface area (Å²) in [5.74, 6) is -0.991. The second kappa shape index (κ2) is 8.14. The van der Waals surface area contributed by atoms with Gasteiger partial charge in [0, 0.05) is 26.0 Å². The molecule has 3 rings (SSSR count). The van der Waals surface area contributed by atoms with Gasteiger partial charge in [0.25, 0.3) is 11.8 Å². The van der Waals surface area contributed by atoms with Gasteiger partial charge in [0.2, 0.25) is 11.8 Å². The Morgan fingerprint density at radius 1 is 0.966 bits per heavy atom. The van der Waals surface area contributed by atoms with Gasteiger partial charge in [-0.05, 0) is 31.2 Å². The van der Waals surface area contributed by atoms with Crippen LogP contribution in [0.15, 0.2) is 36.4 Å². The first-order chi connectivity index (χ1) is 13.8. The zero-order valence-electron chi connectivity index (χ0n) is 16.4. The molecule has 1 aliphatic rings. The first-order valence-electron chi connectivity index (χ1n) is 9.02. The number of carbonyl (C=O) groups is 4. The molecule has 8 nitrogen and oxygen atoms in total. The Morgan fingerprint density at radius 2 is 1.69 bits per heavy atom. The summed E-state index contributed by atoms with van der Waals surface area (Å²) in [6, 6.07) is 9.91. The molecule has 1 aliphatic heterocycles. The number of ether oxygens (including phenoxy) is 1. The monoisotopic (exact) mass is 395 g/mol. The Balaban J connectivity index is 1.69. The van der Waals surface area contributed by atoms with Gasteiger partial charge < -0.3 is 15.4 Å². The van der Waals surface area contributed by atoms with E-state index in [9.17, 15) is 19.2 Å². The van der Waals surface area contributed by atoms with Crippen LogP contribution in [-0.2, 0) is 9.59 Å². The third-order valence-corrected chi connectivity index (χ3v) is 4.50. The number of benzene rings is 2. The predicted octanol–water partition coefficient (Wildman–Crippen LogP) is 2.59. The van der Waals surface area contributed by atoms with Crippen LogP contribution in [0.4, 0.5) is 11.4 Å². The van der Waals surface area contributed by atoms with Gasteiger partial charge in [-0.25, -0.2) is 0 Å². The summed E-state index contributed by atoms with van der Waals surface area (Å²) in [5, 5.41) is 5.32. The summed E-state index contributed by atoms with van der Waals surface area (Å²) >= 11 is 0. The number of nitrogens with one attached hydrogen (secondary N) is 2. The molecule has 2 aromatic rings. The van der Waals surface area contributed by atoms with Crippen molar-refractivity contribution >= 4 is 35.0 Å². The molecule has 150 valence electrons. The molecule has 0 aliphatic carbocycles. The minimum Gasteiger partial charge on any atom is -0.497 e. The molecule has 0 unspecified atom stereocenters. The molecule has 29 heavy (non-hydrogen) atoms. The molecule has 1 heterocycles. The summed E-state index contributed by atoms with van der Waals surface area (Å²) in [7, 11) is 1.49. The van der Waals surface area contributed by atoms with Crippen LogP contribution in [0.1, 0.15) is 39.6 Å². The maximum absolute atomic E-state index is 12.5. The van der Waals surface area contributed by atoms with E-state index in [1.54, 1.807) is 36.4 Å². The number of imide groups is 1. The van der Waals surface area contributed by atoms with Crippen molar-refractivity contribution in [2.24, 2.45) is 0 Å². The number of amides is 4. The van der Waals surface area contributed by atoms with E-state index in [2.05, 4.69) is 10.6 Å². The standard InChI is InChI=1S/C21H21N3O5/c1-12-4-6-15-16(10-12)21(28)24(20(15)27)9-8-19(26)23-18-11-14(29-3)5-7-17(18)22-13(2)25/h4-7,10-11H,8-9H2,1-3H3,(H,22,25)(H,23,26). The third-order valence-electron chi connectivity index (χ3n) is 4.50. The van der Waals surface area contributed by atoms with E-state index in [1.807, 2.05) is 6.92 Å². The average molecular weight is 395 g/mol. The zero-order valence-corrected chi connectivity index (χ0v) is 16.4. The van der Waals surface area contributed by atoms with Crippen molar-refractivity contribution in [1.82, 2.24) is 4.90 Å². The Labute approximate surface area is 167 Å². The number of hydrogen-bond acceptors (Lipinski definition) is 5. The van der Waals surface area contributed by atoms with E-state index < -0.39 is 17.7 Å². The second-order valence-electron chi connectivity index (χ2n) is 6.70. The quantitative estimate of drug-likeness (QED) is 0.732. The van der Waals surface area contributed by atoms with Gasteiger partial charge in [-0.3, -0.25) is 24.1 Å². The van der Waals surface area contributed by atoms with Crippen LogP contribution in [0.2, 0.25) is 0 Å². The second-order valence-corrected chi connectivity index (χ2v) is 6.70.